The summed E-state index contributed by atoms with van der Waals surface area (Å²) in [5.41, 5.74) is 1.72. The molecule has 1 aliphatic heterocycles. The van der Waals surface area contributed by atoms with Crippen molar-refractivity contribution in [3.05, 3.63) is 74.7 Å². The van der Waals surface area contributed by atoms with Crippen molar-refractivity contribution < 1.29 is 24.0 Å². The number of carbonyl (C=O) groups excluding carboxylic acids is 3. The van der Waals surface area contributed by atoms with Crippen LogP contribution in [0.5, 0.6) is 5.75 Å². The third-order valence-corrected chi connectivity index (χ3v) is 7.65. The molecular formula is C29H33BrClN5O6. The molecule has 0 bridgehead atoms. The lowest BCUT2D eigenvalue weighted by Gasteiger charge is -2.27. The summed E-state index contributed by atoms with van der Waals surface area (Å²) in [6.45, 7) is 1.31. The van der Waals surface area contributed by atoms with Crippen LogP contribution in [0.1, 0.15) is 25.3 Å². The molecule has 1 aliphatic rings. The summed E-state index contributed by atoms with van der Waals surface area (Å²) in [6.07, 6.45) is -0.0259. The summed E-state index contributed by atoms with van der Waals surface area (Å²) < 4.78 is 6.60. The van der Waals surface area contributed by atoms with E-state index in [1.807, 2.05) is 30.3 Å². The average Bonchev–Trinajstić information content (AvgIpc) is 3.07. The van der Waals surface area contributed by atoms with Gasteiger partial charge in [0.2, 0.25) is 18.4 Å². The first-order chi connectivity index (χ1) is 19.6. The van der Waals surface area contributed by atoms with Crippen molar-refractivity contribution in [2.45, 2.75) is 38.4 Å². The van der Waals surface area contributed by atoms with E-state index in [1.165, 1.54) is 4.90 Å². The number of methoxy groups -OCH3 is 1. The van der Waals surface area contributed by atoms with Gasteiger partial charge in [-0.1, -0.05) is 40.2 Å². The van der Waals surface area contributed by atoms with E-state index in [9.17, 15) is 24.5 Å². The van der Waals surface area contributed by atoms with Crippen LogP contribution in [0.3, 0.4) is 0 Å². The number of ether oxygens (including phenoxy) is 1. The van der Waals surface area contributed by atoms with Crippen molar-refractivity contribution in [3.63, 3.8) is 0 Å². The number of halogens is 2. The SMILES string of the molecule is CN[C@@H](C)C(=O)N[C@H]1CN(C(=O)CCC[N+](=O)[O-])c2ccccc2N(Cc2c(OC)ccc3cc(Br)ccc23)C1=O.Cl. The Labute approximate surface area is 258 Å². The van der Waals surface area contributed by atoms with Crippen molar-refractivity contribution in [2.24, 2.45) is 0 Å². The predicted molar refractivity (Wildman–Crippen MR) is 167 cm³/mol. The fourth-order valence-electron chi connectivity index (χ4n) is 4.87. The Morgan fingerprint density at radius 2 is 1.88 bits per heavy atom. The maximum Gasteiger partial charge on any atom is 0.251 e. The highest BCUT2D eigenvalue weighted by Gasteiger charge is 2.37. The Hall–Kier alpha value is -3.74. The third-order valence-electron chi connectivity index (χ3n) is 7.15. The maximum atomic E-state index is 14.2. The summed E-state index contributed by atoms with van der Waals surface area (Å²) >= 11 is 3.51. The topological polar surface area (TPSA) is 134 Å². The minimum absolute atomic E-state index is 0. The van der Waals surface area contributed by atoms with Crippen LogP contribution in [0.2, 0.25) is 0 Å². The number of nitro groups is 1. The minimum atomic E-state index is -1.07. The second kappa shape index (κ2) is 14.4. The normalized spacial score (nSPS) is 15.3. The number of anilines is 2. The standard InChI is InChI=1S/C29H32BrN5O6.ClH/c1-18(31-2)28(37)32-23-17-33(27(36)9-6-14-35(39)40)24-7-4-5-8-25(24)34(29(23)38)16-22-21-12-11-20(30)15-19(21)10-13-26(22)41-3;/h4-5,7-8,10-13,15,18,23,31H,6,9,14,16-17H2,1-3H3,(H,32,37);1H/t18-,23-;/m0./s1. The van der Waals surface area contributed by atoms with Crippen LogP contribution < -0.4 is 25.2 Å². The van der Waals surface area contributed by atoms with Crippen LogP contribution in [0.4, 0.5) is 11.4 Å². The number of hydrogen-bond acceptors (Lipinski definition) is 7. The van der Waals surface area contributed by atoms with Crippen LogP contribution in [0.15, 0.2) is 59.1 Å². The van der Waals surface area contributed by atoms with Crippen molar-refractivity contribution in [2.75, 3.05) is 37.0 Å². The number of rotatable bonds is 10. The van der Waals surface area contributed by atoms with E-state index < -0.39 is 28.8 Å². The molecule has 2 atom stereocenters. The maximum absolute atomic E-state index is 14.2. The first kappa shape index (κ1) is 32.8. The van der Waals surface area contributed by atoms with E-state index in [2.05, 4.69) is 26.6 Å². The van der Waals surface area contributed by atoms with E-state index in [-0.39, 0.29) is 50.8 Å². The van der Waals surface area contributed by atoms with Gasteiger partial charge in [0.05, 0.1) is 37.6 Å². The molecule has 3 amide bonds. The number of amides is 3. The molecule has 0 aliphatic carbocycles. The number of hydrogen-bond donors (Lipinski definition) is 2. The van der Waals surface area contributed by atoms with Gasteiger partial charge < -0.3 is 25.2 Å². The van der Waals surface area contributed by atoms with Crippen molar-refractivity contribution >= 4 is 68.2 Å². The summed E-state index contributed by atoms with van der Waals surface area (Å²) in [5, 5.41) is 18.4. The molecule has 0 aromatic heterocycles. The second-order valence-corrected chi connectivity index (χ2v) is 10.7. The Kier molecular flexibility index (Phi) is 11.3. The molecule has 224 valence electrons. The Morgan fingerprint density at radius 3 is 2.55 bits per heavy atom. The zero-order valence-corrected chi connectivity index (χ0v) is 25.9. The Morgan fingerprint density at radius 1 is 1.17 bits per heavy atom. The number of nitrogens with one attached hydrogen (secondary N) is 2. The number of fused-ring (bicyclic) bond motifs is 2. The van der Waals surface area contributed by atoms with Crippen molar-refractivity contribution in [1.82, 2.24) is 10.6 Å². The molecule has 11 nitrogen and oxygen atoms in total. The number of nitrogens with zero attached hydrogens (tertiary/aromatic N) is 3. The summed E-state index contributed by atoms with van der Waals surface area (Å²) in [5.74, 6) is -0.579. The van der Waals surface area contributed by atoms with E-state index in [0.717, 1.165) is 20.8 Å². The largest absolute Gasteiger partial charge is 0.496 e. The minimum Gasteiger partial charge on any atom is -0.496 e. The lowest BCUT2D eigenvalue weighted by Crippen LogP contribution is -2.55. The number of para-hydroxylation sites is 2. The van der Waals surface area contributed by atoms with E-state index >= 15 is 0 Å². The number of likely N-dealkylation sites (N-methyl/N-ethyl adjacent to an activating group) is 1. The molecule has 1 heterocycles. The number of carbonyl (C=O) groups is 3. The van der Waals surface area contributed by atoms with Crippen LogP contribution in [-0.2, 0) is 20.9 Å². The van der Waals surface area contributed by atoms with E-state index in [4.69, 9.17) is 4.74 Å². The molecule has 0 radical (unpaired) electrons. The Balaban J connectivity index is 0.00000484. The predicted octanol–water partition coefficient (Wildman–Crippen LogP) is 4.06. The van der Waals surface area contributed by atoms with Crippen molar-refractivity contribution in [3.8, 4) is 5.75 Å². The molecule has 3 aromatic carbocycles. The van der Waals surface area contributed by atoms with Gasteiger partial charge in [0.15, 0.2) is 0 Å². The lowest BCUT2D eigenvalue weighted by atomic mass is 10.0. The van der Waals surface area contributed by atoms with Crippen molar-refractivity contribution in [1.29, 1.82) is 0 Å². The van der Waals surface area contributed by atoms with Gasteiger partial charge in [-0.3, -0.25) is 24.5 Å². The molecule has 2 N–H and O–H groups in total. The van der Waals surface area contributed by atoms with Gasteiger partial charge in [0, 0.05) is 27.8 Å². The summed E-state index contributed by atoms with van der Waals surface area (Å²) in [7, 11) is 3.20. The van der Waals surface area contributed by atoms with E-state index in [0.29, 0.717) is 17.1 Å². The molecule has 0 unspecified atom stereocenters. The molecular weight excluding hydrogens is 630 g/mol. The van der Waals surface area contributed by atoms with Gasteiger partial charge in [0.1, 0.15) is 11.8 Å². The fourth-order valence-corrected chi connectivity index (χ4v) is 5.25. The molecule has 42 heavy (non-hydrogen) atoms. The van der Waals surface area contributed by atoms with Gasteiger partial charge in [-0.05, 0) is 55.1 Å². The van der Waals surface area contributed by atoms with Gasteiger partial charge in [-0.25, -0.2) is 0 Å². The van der Waals surface area contributed by atoms with Crippen LogP contribution in [0, 0.1) is 10.1 Å². The number of benzene rings is 3. The highest BCUT2D eigenvalue weighted by atomic mass is 79.9. The van der Waals surface area contributed by atoms with Gasteiger partial charge in [0.25, 0.3) is 5.91 Å². The van der Waals surface area contributed by atoms with E-state index in [1.54, 1.807) is 50.2 Å². The molecule has 4 rings (SSSR count). The van der Waals surface area contributed by atoms with Crippen LogP contribution in [0.25, 0.3) is 10.8 Å². The zero-order valence-electron chi connectivity index (χ0n) is 23.5. The van der Waals surface area contributed by atoms with Crippen LogP contribution in [-0.4, -0.2) is 62.0 Å². The molecule has 0 saturated heterocycles. The quantitative estimate of drug-likeness (QED) is 0.247. The fraction of sp³-hybridized carbons (Fsp3) is 0.345. The second-order valence-electron chi connectivity index (χ2n) is 9.76. The zero-order chi connectivity index (χ0) is 29.7. The summed E-state index contributed by atoms with van der Waals surface area (Å²) in [4.78, 5) is 54.0. The molecule has 0 saturated carbocycles. The smallest absolute Gasteiger partial charge is 0.251 e. The Bertz CT molecular complexity index is 1490. The van der Waals surface area contributed by atoms with Gasteiger partial charge >= 0.3 is 0 Å². The summed E-state index contributed by atoms with van der Waals surface area (Å²) in [6, 6.07) is 15.0. The van der Waals surface area contributed by atoms with Gasteiger partial charge in [-0.15, -0.1) is 12.4 Å². The highest BCUT2D eigenvalue weighted by Crippen LogP contribution is 2.37. The molecule has 0 spiro atoms. The van der Waals surface area contributed by atoms with Crippen LogP contribution >= 0.6 is 28.3 Å². The first-order valence-electron chi connectivity index (χ1n) is 13.2. The van der Waals surface area contributed by atoms with Gasteiger partial charge in [-0.2, -0.15) is 0 Å². The first-order valence-corrected chi connectivity index (χ1v) is 14.0. The molecule has 3 aromatic rings. The highest BCUT2D eigenvalue weighted by molar-refractivity contribution is 9.10. The monoisotopic (exact) mass is 661 g/mol. The third kappa shape index (κ3) is 7.18. The average molecular weight is 663 g/mol. The lowest BCUT2D eigenvalue weighted by molar-refractivity contribution is -0.480. The molecule has 13 heteroatoms. The molecule has 0 fully saturated rings.